The van der Waals surface area contributed by atoms with Gasteiger partial charge in [0.25, 0.3) is 0 Å². The van der Waals surface area contributed by atoms with Crippen LogP contribution in [-0.4, -0.2) is 54.2 Å². The first-order chi connectivity index (χ1) is 13.7. The summed E-state index contributed by atoms with van der Waals surface area (Å²) in [6.07, 6.45) is 5.33. The van der Waals surface area contributed by atoms with Crippen molar-refractivity contribution in [1.29, 1.82) is 0 Å². The molecule has 1 atom stereocenters. The largest absolute Gasteiger partial charge is 0.433 e. The van der Waals surface area contributed by atoms with Gasteiger partial charge in [0.05, 0.1) is 10.8 Å². The van der Waals surface area contributed by atoms with Crippen molar-refractivity contribution in [2.24, 2.45) is 5.10 Å². The summed E-state index contributed by atoms with van der Waals surface area (Å²) in [6.45, 7) is 6.16. The standard InChI is InChI=1S/C17H23N5O5S2/c1-4-5-10-18-15(23)21(24)14-17(2,3)29-16(28)20(14)19-11-6-7-12-8-9-13(27-12)22(25)26/h6-9,11,14,24H,4-5,10H2,1-3H3,(H,18,23)/b7-6+,19-11-/t14-/m0/s1. The Balaban J connectivity index is 2.10. The fourth-order valence-corrected chi connectivity index (χ4v) is 4.36. The van der Waals surface area contributed by atoms with Gasteiger partial charge in [0, 0.05) is 12.8 Å². The molecule has 0 bridgehead atoms. The Kier molecular flexibility index (Phi) is 7.76. The number of allylic oxidation sites excluding steroid dienone is 1. The van der Waals surface area contributed by atoms with Crippen LogP contribution in [0.25, 0.3) is 6.08 Å². The van der Waals surface area contributed by atoms with Gasteiger partial charge in [-0.1, -0.05) is 37.3 Å². The summed E-state index contributed by atoms with van der Waals surface area (Å²) >= 11 is 6.66. The molecule has 10 nitrogen and oxygen atoms in total. The number of unbranched alkanes of at least 4 members (excludes halogenated alkanes) is 1. The number of amides is 2. The Morgan fingerprint density at radius 3 is 2.93 bits per heavy atom. The molecule has 2 heterocycles. The lowest BCUT2D eigenvalue weighted by molar-refractivity contribution is -0.402. The minimum atomic E-state index is -0.809. The average Bonchev–Trinajstić information content (AvgIpc) is 3.20. The third kappa shape index (κ3) is 5.78. The molecule has 0 unspecified atom stereocenters. The Morgan fingerprint density at radius 2 is 2.31 bits per heavy atom. The van der Waals surface area contributed by atoms with Crippen molar-refractivity contribution in [3.05, 3.63) is 34.1 Å². The number of thioether (sulfide) groups is 1. The van der Waals surface area contributed by atoms with Crippen molar-refractivity contribution in [2.45, 2.75) is 44.5 Å². The van der Waals surface area contributed by atoms with Crippen LogP contribution in [0.2, 0.25) is 0 Å². The number of nitrogens with one attached hydrogen (secondary N) is 1. The van der Waals surface area contributed by atoms with Gasteiger partial charge in [0.15, 0.2) is 10.5 Å². The number of carbonyl (C=O) groups is 1. The molecule has 1 fully saturated rings. The van der Waals surface area contributed by atoms with Crippen LogP contribution in [0.1, 0.15) is 39.4 Å². The molecular weight excluding hydrogens is 418 g/mol. The molecule has 1 aromatic rings. The number of carbonyl (C=O) groups excluding carboxylic acids is 1. The van der Waals surface area contributed by atoms with Crippen molar-refractivity contribution in [3.8, 4) is 0 Å². The highest BCUT2D eigenvalue weighted by atomic mass is 32.2. The minimum Gasteiger partial charge on any atom is -0.401 e. The number of thiocarbonyl (C=S) groups is 1. The van der Waals surface area contributed by atoms with Crippen LogP contribution in [0, 0.1) is 10.1 Å². The predicted octanol–water partition coefficient (Wildman–Crippen LogP) is 3.83. The van der Waals surface area contributed by atoms with Gasteiger partial charge in [-0.2, -0.15) is 10.2 Å². The number of rotatable bonds is 8. The van der Waals surface area contributed by atoms with Gasteiger partial charge < -0.3 is 9.73 Å². The average molecular weight is 442 g/mol. The maximum Gasteiger partial charge on any atom is 0.433 e. The first kappa shape index (κ1) is 22.8. The molecule has 1 aliphatic heterocycles. The molecule has 2 amide bonds. The molecule has 1 aliphatic rings. The van der Waals surface area contributed by atoms with Gasteiger partial charge in [-0.3, -0.25) is 15.3 Å². The highest BCUT2D eigenvalue weighted by Crippen LogP contribution is 2.42. The quantitative estimate of drug-likeness (QED) is 0.156. The van der Waals surface area contributed by atoms with Crippen LogP contribution < -0.4 is 5.32 Å². The Bertz CT molecular complexity index is 823. The topological polar surface area (TPSA) is 124 Å². The van der Waals surface area contributed by atoms with E-state index in [1.165, 1.54) is 47.3 Å². The molecule has 29 heavy (non-hydrogen) atoms. The molecule has 0 spiro atoms. The van der Waals surface area contributed by atoms with Crippen LogP contribution in [0.3, 0.4) is 0 Å². The summed E-state index contributed by atoms with van der Waals surface area (Å²) in [7, 11) is 0. The van der Waals surface area contributed by atoms with Crippen molar-refractivity contribution in [2.75, 3.05) is 6.54 Å². The zero-order valence-corrected chi connectivity index (χ0v) is 17.9. The SMILES string of the molecule is CCCCNC(=O)N(O)[C@@H]1N(/N=C\C=C\c2ccc([N+](=O)[O-])o2)C(=S)SC1(C)C. The molecule has 2 N–H and O–H groups in total. The van der Waals surface area contributed by atoms with Gasteiger partial charge in [-0.15, -0.1) is 0 Å². The first-order valence-electron chi connectivity index (χ1n) is 8.90. The number of hydroxylamine groups is 2. The van der Waals surface area contributed by atoms with Crippen LogP contribution in [0.5, 0.6) is 0 Å². The zero-order chi connectivity index (χ0) is 21.6. The number of hydrogen-bond donors (Lipinski definition) is 2. The number of hydrazone groups is 1. The van der Waals surface area contributed by atoms with E-state index in [1.54, 1.807) is 0 Å². The molecule has 158 valence electrons. The fourth-order valence-electron chi connectivity index (χ4n) is 2.57. The normalized spacial score (nSPS) is 18.7. The lowest BCUT2D eigenvalue weighted by Crippen LogP contribution is -2.55. The maximum absolute atomic E-state index is 12.3. The lowest BCUT2D eigenvalue weighted by atomic mass is 10.1. The molecule has 1 saturated heterocycles. The van der Waals surface area contributed by atoms with E-state index >= 15 is 0 Å². The van der Waals surface area contributed by atoms with Crippen molar-refractivity contribution >= 4 is 52.5 Å². The third-order valence-corrected chi connectivity index (χ3v) is 5.50. The fraction of sp³-hybridized carbons (Fsp3) is 0.471. The second-order valence-corrected chi connectivity index (χ2v) is 8.96. The molecule has 0 aromatic carbocycles. The van der Waals surface area contributed by atoms with Crippen molar-refractivity contribution in [1.82, 2.24) is 15.4 Å². The van der Waals surface area contributed by atoms with E-state index in [4.69, 9.17) is 16.6 Å². The number of furan rings is 1. The van der Waals surface area contributed by atoms with Gasteiger partial charge in [0.2, 0.25) is 0 Å². The van der Waals surface area contributed by atoms with Crippen LogP contribution in [0.4, 0.5) is 10.7 Å². The van der Waals surface area contributed by atoms with E-state index in [9.17, 15) is 20.1 Å². The second kappa shape index (κ2) is 9.85. The molecule has 0 radical (unpaired) electrons. The van der Waals surface area contributed by atoms with E-state index in [2.05, 4.69) is 10.4 Å². The summed E-state index contributed by atoms with van der Waals surface area (Å²) in [5.41, 5.74) is 0. The number of hydrogen-bond acceptors (Lipinski definition) is 8. The highest BCUT2D eigenvalue weighted by molar-refractivity contribution is 8.24. The summed E-state index contributed by atoms with van der Waals surface area (Å²) in [4.78, 5) is 22.3. The van der Waals surface area contributed by atoms with Gasteiger partial charge in [-0.05, 0) is 38.5 Å². The molecule has 1 aromatic heterocycles. The van der Waals surface area contributed by atoms with Crippen molar-refractivity contribution < 1.29 is 19.3 Å². The van der Waals surface area contributed by atoms with E-state index < -0.39 is 21.9 Å². The predicted molar refractivity (Wildman–Crippen MR) is 115 cm³/mol. The number of urea groups is 1. The van der Waals surface area contributed by atoms with E-state index in [0.29, 0.717) is 15.9 Å². The van der Waals surface area contributed by atoms with Gasteiger partial charge in [-0.25, -0.2) is 9.80 Å². The monoisotopic (exact) mass is 441 g/mol. The van der Waals surface area contributed by atoms with E-state index in [1.807, 2.05) is 20.8 Å². The molecular formula is C17H23N5O5S2. The summed E-state index contributed by atoms with van der Waals surface area (Å²) in [5.74, 6) is -0.0666. The molecule has 0 saturated carbocycles. The van der Waals surface area contributed by atoms with Crippen LogP contribution >= 0.6 is 24.0 Å². The number of nitro groups is 1. The summed E-state index contributed by atoms with van der Waals surface area (Å²) in [6, 6.07) is 2.09. The van der Waals surface area contributed by atoms with E-state index in [-0.39, 0.29) is 11.6 Å². The van der Waals surface area contributed by atoms with Gasteiger partial charge >= 0.3 is 11.9 Å². The lowest BCUT2D eigenvalue weighted by Gasteiger charge is -2.34. The summed E-state index contributed by atoms with van der Waals surface area (Å²) in [5, 5.41) is 30.0. The molecule has 12 heteroatoms. The minimum absolute atomic E-state index is 0.289. The molecule has 2 rings (SSSR count). The Hall–Kier alpha value is -2.44. The van der Waals surface area contributed by atoms with Crippen molar-refractivity contribution in [3.63, 3.8) is 0 Å². The summed E-state index contributed by atoms with van der Waals surface area (Å²) < 4.78 is 4.82. The maximum atomic E-state index is 12.3. The second-order valence-electron chi connectivity index (χ2n) is 6.68. The smallest absolute Gasteiger partial charge is 0.401 e. The van der Waals surface area contributed by atoms with Crippen LogP contribution in [-0.2, 0) is 0 Å². The van der Waals surface area contributed by atoms with Crippen LogP contribution in [0.15, 0.2) is 27.7 Å². The van der Waals surface area contributed by atoms with E-state index in [0.717, 1.165) is 12.8 Å². The first-order valence-corrected chi connectivity index (χ1v) is 10.1. The Morgan fingerprint density at radius 1 is 1.59 bits per heavy atom. The number of nitrogens with zero attached hydrogens (tertiary/aromatic N) is 4. The zero-order valence-electron chi connectivity index (χ0n) is 16.3. The Labute approximate surface area is 177 Å². The highest BCUT2D eigenvalue weighted by Gasteiger charge is 2.49. The van der Waals surface area contributed by atoms with Gasteiger partial charge in [0.1, 0.15) is 10.7 Å². The molecule has 0 aliphatic carbocycles. The third-order valence-electron chi connectivity index (χ3n) is 3.97.